The van der Waals surface area contributed by atoms with Gasteiger partial charge in [0.2, 0.25) is 0 Å². The first kappa shape index (κ1) is 18.6. The van der Waals surface area contributed by atoms with E-state index < -0.39 is 28.0 Å². The number of nitrogens with zero attached hydrogens (tertiary/aromatic N) is 1. The van der Waals surface area contributed by atoms with Crippen molar-refractivity contribution in [3.63, 3.8) is 0 Å². The summed E-state index contributed by atoms with van der Waals surface area (Å²) in [5.74, 6) is -1.24. The van der Waals surface area contributed by atoms with Gasteiger partial charge in [-0.3, -0.25) is 4.79 Å². The Morgan fingerprint density at radius 1 is 1.35 bits per heavy atom. The topological polar surface area (TPSA) is 63.6 Å². The molecule has 1 heterocycles. The van der Waals surface area contributed by atoms with Gasteiger partial charge in [-0.05, 0) is 57.7 Å². The summed E-state index contributed by atoms with van der Waals surface area (Å²) in [6.45, 7) is 6.12. The number of carbonyl (C=O) groups is 1. The van der Waals surface area contributed by atoms with Gasteiger partial charge in [-0.25, -0.2) is 0 Å². The van der Waals surface area contributed by atoms with E-state index in [0.29, 0.717) is 18.0 Å². The van der Waals surface area contributed by atoms with Crippen molar-refractivity contribution in [1.29, 1.82) is 0 Å². The Bertz CT molecular complexity index is 544. The molecule has 1 N–H and O–H groups in total. The van der Waals surface area contributed by atoms with Crippen molar-refractivity contribution in [2.75, 3.05) is 6.54 Å². The number of carboxylic acids is 1. The highest BCUT2D eigenvalue weighted by atomic mass is 35.5. The maximum atomic E-state index is 12.9. The van der Waals surface area contributed by atoms with Crippen LogP contribution < -0.4 is 0 Å². The molecule has 0 amide bonds. The third-order valence-electron chi connectivity index (χ3n) is 4.13. The van der Waals surface area contributed by atoms with Crippen LogP contribution in [0.3, 0.4) is 0 Å². The van der Waals surface area contributed by atoms with Crippen LogP contribution in [0.4, 0.5) is 0 Å². The molecule has 23 heavy (non-hydrogen) atoms. The number of aliphatic carboxylic acids is 1. The first-order valence-electron chi connectivity index (χ1n) is 7.84. The van der Waals surface area contributed by atoms with E-state index >= 15 is 0 Å². The maximum absolute atomic E-state index is 12.9. The number of hydrogen-bond donors (Lipinski definition) is 1. The normalized spacial score (nSPS) is 24.4. The Kier molecular flexibility index (Phi) is 6.00. The maximum Gasteiger partial charge on any atom is 0.307 e. The summed E-state index contributed by atoms with van der Waals surface area (Å²) in [5, 5.41) is 10.00. The molecule has 1 aliphatic rings. The zero-order valence-electron chi connectivity index (χ0n) is 13.8. The van der Waals surface area contributed by atoms with Crippen LogP contribution in [0.2, 0.25) is 5.02 Å². The molecule has 4 nitrogen and oxygen atoms in total. The molecule has 1 saturated heterocycles. The number of halogens is 1. The molecule has 1 aromatic carbocycles. The van der Waals surface area contributed by atoms with Crippen molar-refractivity contribution in [2.24, 2.45) is 5.92 Å². The van der Waals surface area contributed by atoms with Gasteiger partial charge in [0.1, 0.15) is 4.75 Å². The van der Waals surface area contributed by atoms with Crippen LogP contribution >= 0.6 is 11.6 Å². The monoisotopic (exact) mass is 357 g/mol. The Labute approximate surface area is 146 Å². The second-order valence-electron chi connectivity index (χ2n) is 7.06. The van der Waals surface area contributed by atoms with E-state index in [1.807, 2.05) is 49.3 Å². The molecular weight excluding hydrogens is 334 g/mol. The zero-order chi connectivity index (χ0) is 17.2. The van der Waals surface area contributed by atoms with Crippen molar-refractivity contribution >= 4 is 28.9 Å². The highest BCUT2D eigenvalue weighted by molar-refractivity contribution is 7.90. The van der Waals surface area contributed by atoms with Crippen LogP contribution in [-0.4, -0.2) is 37.3 Å². The van der Waals surface area contributed by atoms with E-state index in [1.165, 1.54) is 0 Å². The summed E-state index contributed by atoms with van der Waals surface area (Å²) < 4.78 is 14.3. The van der Waals surface area contributed by atoms with E-state index in [9.17, 15) is 14.5 Å². The van der Waals surface area contributed by atoms with E-state index in [1.54, 1.807) is 0 Å². The van der Waals surface area contributed by atoms with Crippen LogP contribution in [0, 0.1) is 5.92 Å². The first-order chi connectivity index (χ1) is 10.7. The SMILES string of the molecule is CC(C)(C)[S@+]([O-])N1CC(C(=O)O)CC[C@@H]1Cc1ccc(Cl)cc1. The van der Waals surface area contributed by atoms with E-state index in [0.717, 1.165) is 18.4 Å². The Morgan fingerprint density at radius 2 is 1.96 bits per heavy atom. The van der Waals surface area contributed by atoms with E-state index in [2.05, 4.69) is 0 Å². The first-order valence-corrected chi connectivity index (χ1v) is 9.33. The minimum atomic E-state index is -1.23. The molecule has 2 rings (SSSR count). The zero-order valence-corrected chi connectivity index (χ0v) is 15.4. The average Bonchev–Trinajstić information content (AvgIpc) is 2.48. The lowest BCUT2D eigenvalue weighted by Crippen LogP contribution is -2.54. The van der Waals surface area contributed by atoms with Crippen LogP contribution in [0.25, 0.3) is 0 Å². The van der Waals surface area contributed by atoms with Gasteiger partial charge in [0.05, 0.1) is 18.5 Å². The van der Waals surface area contributed by atoms with Gasteiger partial charge in [0.15, 0.2) is 0 Å². The summed E-state index contributed by atoms with van der Waals surface area (Å²) in [4.78, 5) is 11.3. The number of rotatable bonds is 4. The average molecular weight is 358 g/mol. The van der Waals surface area contributed by atoms with Crippen molar-refractivity contribution < 1.29 is 14.5 Å². The van der Waals surface area contributed by atoms with Crippen molar-refractivity contribution in [1.82, 2.24) is 4.31 Å². The minimum Gasteiger partial charge on any atom is -0.597 e. The van der Waals surface area contributed by atoms with Crippen LogP contribution in [0.1, 0.15) is 39.2 Å². The Morgan fingerprint density at radius 3 is 2.48 bits per heavy atom. The fourth-order valence-corrected chi connectivity index (χ4v) is 4.44. The smallest absolute Gasteiger partial charge is 0.307 e. The molecular formula is C17H24ClNO3S. The van der Waals surface area contributed by atoms with Crippen LogP contribution in [-0.2, 0) is 22.6 Å². The molecule has 128 valence electrons. The fraction of sp³-hybridized carbons (Fsp3) is 0.588. The molecule has 0 spiro atoms. The number of benzene rings is 1. The van der Waals surface area contributed by atoms with Gasteiger partial charge in [-0.2, -0.15) is 0 Å². The summed E-state index contributed by atoms with van der Waals surface area (Å²) in [7, 11) is 0. The second kappa shape index (κ2) is 7.43. The van der Waals surface area contributed by atoms with Gasteiger partial charge in [-0.15, -0.1) is 4.31 Å². The van der Waals surface area contributed by atoms with Gasteiger partial charge < -0.3 is 9.66 Å². The molecule has 6 heteroatoms. The highest BCUT2D eigenvalue weighted by Gasteiger charge is 2.43. The molecule has 0 radical (unpaired) electrons. The number of piperidine rings is 1. The molecule has 0 aliphatic carbocycles. The molecule has 0 saturated carbocycles. The van der Waals surface area contributed by atoms with Gasteiger partial charge in [0.25, 0.3) is 0 Å². The van der Waals surface area contributed by atoms with Gasteiger partial charge in [-0.1, -0.05) is 23.7 Å². The van der Waals surface area contributed by atoms with Crippen molar-refractivity contribution in [2.45, 2.75) is 50.8 Å². The molecule has 1 aromatic rings. The van der Waals surface area contributed by atoms with E-state index in [4.69, 9.17) is 11.6 Å². The number of hydrogen-bond acceptors (Lipinski definition) is 3. The Balaban J connectivity index is 2.17. The lowest BCUT2D eigenvalue weighted by Gasteiger charge is -2.41. The fourth-order valence-electron chi connectivity index (χ4n) is 2.85. The molecule has 3 atom stereocenters. The molecule has 0 bridgehead atoms. The van der Waals surface area contributed by atoms with Crippen molar-refractivity contribution in [3.05, 3.63) is 34.9 Å². The Hall–Kier alpha value is -0.750. The molecule has 1 aliphatic heterocycles. The standard InChI is InChI=1S/C17H24ClNO3S/c1-17(2,3)23(22)19-11-13(16(20)21)6-9-15(19)10-12-4-7-14(18)8-5-12/h4-5,7-8,13,15H,6,9-11H2,1-3H3,(H,20,21)/t13?,15-,23+/m1/s1. The molecule has 1 unspecified atom stereocenters. The van der Waals surface area contributed by atoms with Crippen LogP contribution in [0.15, 0.2) is 24.3 Å². The minimum absolute atomic E-state index is 0.0897. The van der Waals surface area contributed by atoms with Crippen LogP contribution in [0.5, 0.6) is 0 Å². The molecule has 0 aromatic heterocycles. The van der Waals surface area contributed by atoms with Gasteiger partial charge >= 0.3 is 5.97 Å². The summed E-state index contributed by atoms with van der Waals surface area (Å²) in [6.07, 6.45) is 2.12. The predicted molar refractivity (Wildman–Crippen MR) is 93.9 cm³/mol. The third-order valence-corrected chi connectivity index (χ3v) is 6.30. The lowest BCUT2D eigenvalue weighted by molar-refractivity contribution is -0.143. The number of carboxylic acid groups (broad SMARTS) is 1. The largest absolute Gasteiger partial charge is 0.597 e. The second-order valence-corrected chi connectivity index (χ2v) is 9.69. The highest BCUT2D eigenvalue weighted by Crippen LogP contribution is 2.32. The molecule has 1 fully saturated rings. The lowest BCUT2D eigenvalue weighted by atomic mass is 9.91. The summed E-state index contributed by atoms with van der Waals surface area (Å²) in [6, 6.07) is 7.75. The predicted octanol–water partition coefficient (Wildman–Crippen LogP) is 3.51. The summed E-state index contributed by atoms with van der Waals surface area (Å²) >= 11 is 4.70. The quantitative estimate of drug-likeness (QED) is 0.837. The third kappa shape index (κ3) is 4.86. The van der Waals surface area contributed by atoms with Crippen molar-refractivity contribution in [3.8, 4) is 0 Å². The van der Waals surface area contributed by atoms with Gasteiger partial charge in [0, 0.05) is 16.4 Å². The van der Waals surface area contributed by atoms with E-state index in [-0.39, 0.29) is 6.04 Å². The summed E-state index contributed by atoms with van der Waals surface area (Å²) in [5.41, 5.74) is 1.13.